The van der Waals surface area contributed by atoms with Crippen LogP contribution < -0.4 is 10.3 Å². The molecule has 0 radical (unpaired) electrons. The van der Waals surface area contributed by atoms with Crippen molar-refractivity contribution in [2.24, 2.45) is 0 Å². The highest BCUT2D eigenvalue weighted by Crippen LogP contribution is 2.31. The number of nitro benzene ring substituents is 1. The average Bonchev–Trinajstić information content (AvgIpc) is 3.11. The number of nitrogens with one attached hydrogen (secondary N) is 1. The van der Waals surface area contributed by atoms with Gasteiger partial charge in [0.15, 0.2) is 5.75 Å². The summed E-state index contributed by atoms with van der Waals surface area (Å²) in [6.07, 6.45) is 0. The fourth-order valence-electron chi connectivity index (χ4n) is 2.79. The molecule has 2 aromatic heterocycles. The summed E-state index contributed by atoms with van der Waals surface area (Å²) in [5.41, 5.74) is 0.979. The lowest BCUT2D eigenvalue weighted by atomic mass is 10.1. The Morgan fingerprint density at radius 3 is 2.75 bits per heavy atom. The summed E-state index contributed by atoms with van der Waals surface area (Å²) >= 11 is 1.31. The van der Waals surface area contributed by atoms with Crippen molar-refractivity contribution in [2.45, 2.75) is 6.61 Å². The van der Waals surface area contributed by atoms with Gasteiger partial charge in [0.1, 0.15) is 23.1 Å². The maximum Gasteiger partial charge on any atom is 0.311 e. The number of aromatic amines is 1. The highest BCUT2D eigenvalue weighted by molar-refractivity contribution is 7.17. The Balaban J connectivity index is 1.66. The maximum absolute atomic E-state index is 13.4. The zero-order chi connectivity index (χ0) is 19.7. The molecule has 4 aromatic rings. The van der Waals surface area contributed by atoms with Crippen LogP contribution in [-0.2, 0) is 6.61 Å². The first-order valence-electron chi connectivity index (χ1n) is 8.15. The predicted molar refractivity (Wildman–Crippen MR) is 103 cm³/mol. The number of fused-ring (bicyclic) bond motifs is 1. The van der Waals surface area contributed by atoms with Gasteiger partial charge in [0, 0.05) is 23.1 Å². The lowest BCUT2D eigenvalue weighted by Crippen LogP contribution is -2.13. The molecule has 2 heterocycles. The molecule has 0 spiro atoms. The Kier molecular flexibility index (Phi) is 4.58. The molecule has 0 aliphatic rings. The van der Waals surface area contributed by atoms with Gasteiger partial charge in [-0.15, -0.1) is 11.3 Å². The summed E-state index contributed by atoms with van der Waals surface area (Å²) in [6, 6.07) is 12.4. The molecule has 1 N–H and O–H groups in total. The van der Waals surface area contributed by atoms with Crippen LogP contribution in [0.1, 0.15) is 5.82 Å². The largest absolute Gasteiger partial charge is 0.479 e. The normalized spacial score (nSPS) is 10.9. The van der Waals surface area contributed by atoms with E-state index in [1.54, 1.807) is 0 Å². The molecule has 2 aromatic carbocycles. The molecule has 0 bridgehead atoms. The number of aromatic nitrogens is 2. The first-order chi connectivity index (χ1) is 13.5. The number of thiophene rings is 1. The van der Waals surface area contributed by atoms with Crippen molar-refractivity contribution in [3.05, 3.63) is 86.0 Å². The van der Waals surface area contributed by atoms with E-state index < -0.39 is 10.7 Å². The summed E-state index contributed by atoms with van der Waals surface area (Å²) in [5.74, 6) is -0.704. The van der Waals surface area contributed by atoms with E-state index in [0.29, 0.717) is 10.2 Å². The number of H-pyrrole nitrogens is 1. The SMILES string of the molecule is O=c1[nH]c(COc2cc(F)ccc2[N+](=O)[O-])nc2scc(-c3ccccc3)c12. The van der Waals surface area contributed by atoms with Gasteiger partial charge in [-0.1, -0.05) is 30.3 Å². The highest BCUT2D eigenvalue weighted by atomic mass is 32.1. The molecule has 0 aliphatic carbocycles. The van der Waals surface area contributed by atoms with E-state index in [4.69, 9.17) is 4.74 Å². The lowest BCUT2D eigenvalue weighted by Gasteiger charge is -2.07. The molecular formula is C19H12FN3O4S. The third-order valence-electron chi connectivity index (χ3n) is 4.06. The zero-order valence-corrected chi connectivity index (χ0v) is 15.0. The van der Waals surface area contributed by atoms with Gasteiger partial charge in [0.05, 0.1) is 10.3 Å². The van der Waals surface area contributed by atoms with Crippen molar-refractivity contribution in [3.63, 3.8) is 0 Å². The predicted octanol–water partition coefficient (Wildman–Crippen LogP) is 4.28. The third kappa shape index (κ3) is 3.35. The van der Waals surface area contributed by atoms with Gasteiger partial charge in [0.2, 0.25) is 0 Å². The number of rotatable bonds is 5. The van der Waals surface area contributed by atoms with Crippen LogP contribution in [0.4, 0.5) is 10.1 Å². The van der Waals surface area contributed by atoms with Crippen LogP contribution in [0.3, 0.4) is 0 Å². The van der Waals surface area contributed by atoms with E-state index in [-0.39, 0.29) is 29.4 Å². The Morgan fingerprint density at radius 1 is 1.21 bits per heavy atom. The third-order valence-corrected chi connectivity index (χ3v) is 4.93. The second-order valence-electron chi connectivity index (χ2n) is 5.87. The molecule has 0 aliphatic heterocycles. The summed E-state index contributed by atoms with van der Waals surface area (Å²) in [6.45, 7) is -0.242. The van der Waals surface area contributed by atoms with Crippen LogP contribution in [0.2, 0.25) is 0 Å². The molecule has 28 heavy (non-hydrogen) atoms. The summed E-state index contributed by atoms with van der Waals surface area (Å²) < 4.78 is 18.7. The average molecular weight is 397 g/mol. The van der Waals surface area contributed by atoms with Gasteiger partial charge < -0.3 is 9.72 Å². The molecule has 0 atom stereocenters. The first-order valence-corrected chi connectivity index (χ1v) is 9.03. The fourth-order valence-corrected chi connectivity index (χ4v) is 3.76. The zero-order valence-electron chi connectivity index (χ0n) is 14.2. The van der Waals surface area contributed by atoms with Gasteiger partial charge >= 0.3 is 5.69 Å². The quantitative estimate of drug-likeness (QED) is 0.400. The van der Waals surface area contributed by atoms with Crippen LogP contribution in [0.25, 0.3) is 21.3 Å². The minimum atomic E-state index is -0.667. The van der Waals surface area contributed by atoms with Gasteiger partial charge in [-0.25, -0.2) is 9.37 Å². The minimum Gasteiger partial charge on any atom is -0.479 e. The Labute approximate surface area is 161 Å². The number of nitro groups is 1. The summed E-state index contributed by atoms with van der Waals surface area (Å²) in [4.78, 5) is 30.5. The highest BCUT2D eigenvalue weighted by Gasteiger charge is 2.17. The van der Waals surface area contributed by atoms with Gasteiger partial charge in [-0.3, -0.25) is 14.9 Å². The minimum absolute atomic E-state index is 0.192. The maximum atomic E-state index is 13.4. The van der Waals surface area contributed by atoms with Crippen molar-refractivity contribution in [3.8, 4) is 16.9 Å². The molecule has 9 heteroatoms. The molecular weight excluding hydrogens is 385 g/mol. The Hall–Kier alpha value is -3.59. The molecule has 4 rings (SSSR count). The lowest BCUT2D eigenvalue weighted by molar-refractivity contribution is -0.386. The van der Waals surface area contributed by atoms with Crippen LogP contribution in [-0.4, -0.2) is 14.9 Å². The summed E-state index contributed by atoms with van der Waals surface area (Å²) in [5, 5.41) is 13.4. The number of ether oxygens (including phenoxy) is 1. The van der Waals surface area contributed by atoms with E-state index in [9.17, 15) is 19.3 Å². The Morgan fingerprint density at radius 2 is 2.00 bits per heavy atom. The molecule has 0 unspecified atom stereocenters. The second-order valence-corrected chi connectivity index (χ2v) is 6.72. The smallest absolute Gasteiger partial charge is 0.311 e. The van der Waals surface area contributed by atoms with Gasteiger partial charge in [-0.05, 0) is 11.6 Å². The molecule has 0 saturated carbocycles. The molecule has 0 fully saturated rings. The Bertz CT molecular complexity index is 1240. The molecule has 0 amide bonds. The second kappa shape index (κ2) is 7.20. The van der Waals surface area contributed by atoms with Gasteiger partial charge in [0.25, 0.3) is 5.56 Å². The first kappa shape index (κ1) is 17.8. The number of hydrogen-bond donors (Lipinski definition) is 1. The van der Waals surface area contributed by atoms with Crippen molar-refractivity contribution < 1.29 is 14.1 Å². The number of hydrogen-bond acceptors (Lipinski definition) is 6. The fraction of sp³-hybridized carbons (Fsp3) is 0.0526. The van der Waals surface area contributed by atoms with E-state index in [1.165, 1.54) is 11.3 Å². The standard InChI is InChI=1S/C19H12FN3O4S/c20-12-6-7-14(23(25)26)15(8-12)27-9-16-21-18(24)17-13(10-28-19(17)22-16)11-4-2-1-3-5-11/h1-8,10H,9H2,(H,21,22,24). The van der Waals surface area contributed by atoms with Crippen LogP contribution in [0.15, 0.2) is 58.7 Å². The van der Waals surface area contributed by atoms with Crippen molar-refractivity contribution >= 4 is 27.2 Å². The molecule has 0 saturated heterocycles. The van der Waals surface area contributed by atoms with E-state index in [1.807, 2.05) is 35.7 Å². The van der Waals surface area contributed by atoms with E-state index in [2.05, 4.69) is 9.97 Å². The van der Waals surface area contributed by atoms with Crippen LogP contribution >= 0.6 is 11.3 Å². The van der Waals surface area contributed by atoms with Crippen LogP contribution in [0.5, 0.6) is 5.75 Å². The van der Waals surface area contributed by atoms with Crippen molar-refractivity contribution in [1.82, 2.24) is 9.97 Å². The van der Waals surface area contributed by atoms with Crippen molar-refractivity contribution in [2.75, 3.05) is 0 Å². The topological polar surface area (TPSA) is 98.1 Å². The monoisotopic (exact) mass is 397 g/mol. The van der Waals surface area contributed by atoms with Gasteiger partial charge in [-0.2, -0.15) is 0 Å². The number of benzene rings is 2. The van der Waals surface area contributed by atoms with Crippen LogP contribution in [0, 0.1) is 15.9 Å². The summed E-state index contributed by atoms with van der Waals surface area (Å²) in [7, 11) is 0. The van der Waals surface area contributed by atoms with E-state index >= 15 is 0 Å². The van der Waals surface area contributed by atoms with E-state index in [0.717, 1.165) is 29.3 Å². The number of nitrogens with zero attached hydrogens (tertiary/aromatic N) is 2. The molecule has 7 nitrogen and oxygen atoms in total. The molecule has 140 valence electrons. The van der Waals surface area contributed by atoms with Crippen molar-refractivity contribution in [1.29, 1.82) is 0 Å². The number of halogens is 1.